The summed E-state index contributed by atoms with van der Waals surface area (Å²) in [4.78, 5) is 11.7. The first-order valence-corrected chi connectivity index (χ1v) is 6.78. The van der Waals surface area contributed by atoms with Gasteiger partial charge in [-0.1, -0.05) is 13.0 Å². The minimum Gasteiger partial charge on any atom is -0.294 e. The molecule has 2 aliphatic heterocycles. The van der Waals surface area contributed by atoms with Crippen LogP contribution in [-0.2, 0) is 4.79 Å². The lowest BCUT2D eigenvalue weighted by Gasteiger charge is -2.38. The van der Waals surface area contributed by atoms with Crippen LogP contribution >= 0.6 is 11.8 Å². The fourth-order valence-electron chi connectivity index (χ4n) is 2.66. The van der Waals surface area contributed by atoms with Gasteiger partial charge in [-0.3, -0.25) is 4.79 Å². The van der Waals surface area contributed by atoms with E-state index in [2.05, 4.69) is 6.58 Å². The Morgan fingerprint density at radius 1 is 1.18 bits per heavy atom. The van der Waals surface area contributed by atoms with Crippen LogP contribution in [0.1, 0.15) is 32.1 Å². The molecule has 5 heteroatoms. The van der Waals surface area contributed by atoms with Crippen molar-refractivity contribution in [2.45, 2.75) is 48.8 Å². The molecule has 0 amide bonds. The van der Waals surface area contributed by atoms with Crippen molar-refractivity contribution in [3.63, 3.8) is 0 Å². The van der Waals surface area contributed by atoms with Crippen LogP contribution < -0.4 is 0 Å². The van der Waals surface area contributed by atoms with Crippen molar-refractivity contribution >= 4 is 17.5 Å². The quantitative estimate of drug-likeness (QED) is 0.707. The van der Waals surface area contributed by atoms with Gasteiger partial charge in [0.1, 0.15) is 0 Å². The summed E-state index contributed by atoms with van der Waals surface area (Å²) < 4.78 is 37.3. The Balaban J connectivity index is 2.03. The van der Waals surface area contributed by atoms with Crippen LogP contribution in [0.2, 0.25) is 0 Å². The maximum absolute atomic E-state index is 12.4. The molecule has 0 spiro atoms. The molecule has 2 rings (SSSR count). The average molecular weight is 264 g/mol. The third kappa shape index (κ3) is 2.87. The van der Waals surface area contributed by atoms with E-state index >= 15 is 0 Å². The maximum atomic E-state index is 12.4. The van der Waals surface area contributed by atoms with Crippen LogP contribution in [0.15, 0.2) is 12.2 Å². The molecule has 96 valence electrons. The van der Waals surface area contributed by atoms with Crippen molar-refractivity contribution in [3.8, 4) is 0 Å². The molecule has 0 aliphatic carbocycles. The molecule has 0 aromatic carbocycles. The molecule has 0 N–H and O–H groups in total. The van der Waals surface area contributed by atoms with E-state index < -0.39 is 23.5 Å². The molecule has 2 saturated heterocycles. The van der Waals surface area contributed by atoms with E-state index in [9.17, 15) is 18.0 Å². The Bertz CT molecular complexity index is 325. The highest BCUT2D eigenvalue weighted by Gasteiger charge is 2.42. The maximum Gasteiger partial charge on any atom is 0.419 e. The van der Waals surface area contributed by atoms with E-state index in [1.165, 1.54) is 0 Å². The van der Waals surface area contributed by atoms with Gasteiger partial charge in [0.2, 0.25) is 0 Å². The predicted molar refractivity (Wildman–Crippen MR) is 61.9 cm³/mol. The van der Waals surface area contributed by atoms with Crippen LogP contribution in [0.4, 0.5) is 13.2 Å². The SMILES string of the molecule is C=C(C(=O)C1CC2CCCC(C1)S2)C(F)(F)F. The molecule has 2 unspecified atom stereocenters. The van der Waals surface area contributed by atoms with Gasteiger partial charge in [0.05, 0.1) is 5.57 Å². The molecule has 0 aromatic rings. The summed E-state index contributed by atoms with van der Waals surface area (Å²) in [6.07, 6.45) is -0.183. The van der Waals surface area contributed by atoms with Gasteiger partial charge >= 0.3 is 6.18 Å². The standard InChI is InChI=1S/C12H15F3OS/c1-7(12(13,14)15)11(16)8-5-9-3-2-4-10(6-8)17-9/h8-10H,1-6H2. The van der Waals surface area contributed by atoms with E-state index in [0.29, 0.717) is 23.3 Å². The molecule has 0 aromatic heterocycles. The number of rotatable bonds is 2. The zero-order valence-electron chi connectivity index (χ0n) is 9.43. The van der Waals surface area contributed by atoms with Crippen molar-refractivity contribution in [2.75, 3.05) is 0 Å². The summed E-state index contributed by atoms with van der Waals surface area (Å²) in [5.41, 5.74) is -1.17. The molecule has 0 saturated carbocycles. The number of fused-ring (bicyclic) bond motifs is 2. The summed E-state index contributed by atoms with van der Waals surface area (Å²) in [5, 5.41) is 0.745. The topological polar surface area (TPSA) is 17.1 Å². The normalized spacial score (nSPS) is 33.2. The highest BCUT2D eigenvalue weighted by molar-refractivity contribution is 8.00. The first-order valence-electron chi connectivity index (χ1n) is 5.83. The number of ketones is 1. The van der Waals surface area contributed by atoms with Crippen LogP contribution in [-0.4, -0.2) is 22.5 Å². The van der Waals surface area contributed by atoms with E-state index in [1.54, 1.807) is 0 Å². The second kappa shape index (κ2) is 4.67. The number of carbonyl (C=O) groups excluding carboxylic acids is 1. The zero-order valence-corrected chi connectivity index (χ0v) is 10.2. The van der Waals surface area contributed by atoms with Gasteiger partial charge in [0, 0.05) is 16.4 Å². The lowest BCUT2D eigenvalue weighted by Crippen LogP contribution is -2.35. The number of halogens is 3. The van der Waals surface area contributed by atoms with Crippen molar-refractivity contribution in [1.82, 2.24) is 0 Å². The lowest BCUT2D eigenvalue weighted by atomic mass is 9.84. The van der Waals surface area contributed by atoms with Gasteiger partial charge in [-0.15, -0.1) is 0 Å². The zero-order chi connectivity index (χ0) is 12.6. The fraction of sp³-hybridized carbons (Fsp3) is 0.750. The molecule has 2 bridgehead atoms. The third-order valence-electron chi connectivity index (χ3n) is 3.54. The van der Waals surface area contributed by atoms with Gasteiger partial charge in [0.25, 0.3) is 0 Å². The van der Waals surface area contributed by atoms with Crippen molar-refractivity contribution in [2.24, 2.45) is 5.92 Å². The number of carbonyl (C=O) groups is 1. The van der Waals surface area contributed by atoms with E-state index in [-0.39, 0.29) is 0 Å². The Kier molecular flexibility index (Phi) is 3.57. The van der Waals surface area contributed by atoms with Gasteiger partial charge in [0.15, 0.2) is 5.78 Å². The Labute approximate surface area is 103 Å². The molecular weight excluding hydrogens is 249 g/mol. The number of hydrogen-bond donors (Lipinski definition) is 0. The van der Waals surface area contributed by atoms with E-state index in [4.69, 9.17) is 0 Å². The molecule has 2 atom stereocenters. The number of Topliss-reactive ketones (excluding diaryl/α,β-unsaturated/α-hetero) is 1. The van der Waals surface area contributed by atoms with E-state index in [1.807, 2.05) is 11.8 Å². The highest BCUT2D eigenvalue weighted by atomic mass is 32.2. The number of allylic oxidation sites excluding steroid dienone is 1. The van der Waals surface area contributed by atoms with Gasteiger partial charge in [-0.2, -0.15) is 24.9 Å². The number of thioether (sulfide) groups is 1. The Morgan fingerprint density at radius 3 is 2.18 bits per heavy atom. The minimum absolute atomic E-state index is 0.373. The molecule has 2 aliphatic rings. The minimum atomic E-state index is -4.57. The van der Waals surface area contributed by atoms with Crippen LogP contribution in [0.5, 0.6) is 0 Å². The lowest BCUT2D eigenvalue weighted by molar-refractivity contribution is -0.132. The summed E-state index contributed by atoms with van der Waals surface area (Å²) >= 11 is 1.85. The summed E-state index contributed by atoms with van der Waals surface area (Å²) in [6.45, 7) is 2.91. The van der Waals surface area contributed by atoms with Gasteiger partial charge in [-0.25, -0.2) is 0 Å². The number of hydrogen-bond acceptors (Lipinski definition) is 2. The second-order valence-electron chi connectivity index (χ2n) is 4.82. The molecule has 2 heterocycles. The first kappa shape index (κ1) is 13.0. The molecule has 1 nitrogen and oxygen atoms in total. The fourth-order valence-corrected chi connectivity index (χ4v) is 4.50. The Hall–Kier alpha value is -0.450. The van der Waals surface area contributed by atoms with Crippen molar-refractivity contribution < 1.29 is 18.0 Å². The predicted octanol–water partition coefficient (Wildman–Crippen LogP) is 3.74. The molecule has 2 fully saturated rings. The van der Waals surface area contributed by atoms with Gasteiger partial charge in [-0.05, 0) is 25.7 Å². The van der Waals surface area contributed by atoms with Crippen molar-refractivity contribution in [3.05, 3.63) is 12.2 Å². The second-order valence-corrected chi connectivity index (χ2v) is 6.43. The molecular formula is C12H15F3OS. The number of alkyl halides is 3. The Morgan fingerprint density at radius 2 is 1.71 bits per heavy atom. The smallest absolute Gasteiger partial charge is 0.294 e. The largest absolute Gasteiger partial charge is 0.419 e. The van der Waals surface area contributed by atoms with Crippen LogP contribution in [0.3, 0.4) is 0 Å². The van der Waals surface area contributed by atoms with E-state index in [0.717, 1.165) is 19.3 Å². The summed E-state index contributed by atoms with van der Waals surface area (Å²) in [7, 11) is 0. The van der Waals surface area contributed by atoms with Crippen LogP contribution in [0.25, 0.3) is 0 Å². The highest BCUT2D eigenvalue weighted by Crippen LogP contribution is 2.45. The summed E-state index contributed by atoms with van der Waals surface area (Å²) in [5.74, 6) is -1.24. The average Bonchev–Trinajstić information content (AvgIpc) is 2.25. The van der Waals surface area contributed by atoms with Crippen molar-refractivity contribution in [1.29, 1.82) is 0 Å². The third-order valence-corrected chi connectivity index (χ3v) is 5.17. The summed E-state index contributed by atoms with van der Waals surface area (Å²) in [6, 6.07) is 0. The molecule has 17 heavy (non-hydrogen) atoms. The molecule has 0 radical (unpaired) electrons. The monoisotopic (exact) mass is 264 g/mol. The first-order chi connectivity index (χ1) is 7.88. The van der Waals surface area contributed by atoms with Gasteiger partial charge < -0.3 is 0 Å². The van der Waals surface area contributed by atoms with Crippen LogP contribution in [0, 0.1) is 5.92 Å².